The first kappa shape index (κ1) is 12.3. The maximum atomic E-state index is 5.93. The van der Waals surface area contributed by atoms with E-state index in [4.69, 9.17) is 23.2 Å². The van der Waals surface area contributed by atoms with Crippen molar-refractivity contribution in [2.24, 2.45) is 0 Å². The van der Waals surface area contributed by atoms with Gasteiger partial charge in [-0.3, -0.25) is 4.68 Å². The minimum Gasteiger partial charge on any atom is -0.381 e. The van der Waals surface area contributed by atoms with E-state index in [1.165, 1.54) is 0 Å². The monoisotopic (exact) mass is 269 g/mol. The molecule has 0 saturated carbocycles. The second-order valence-electron chi connectivity index (χ2n) is 3.69. The van der Waals surface area contributed by atoms with Crippen molar-refractivity contribution < 1.29 is 0 Å². The summed E-state index contributed by atoms with van der Waals surface area (Å²) in [6.07, 6.45) is 3.87. The highest BCUT2D eigenvalue weighted by Gasteiger charge is 2.00. The molecule has 2 rings (SSSR count). The first-order valence-electron chi connectivity index (χ1n) is 5.39. The Labute approximate surface area is 110 Å². The molecule has 17 heavy (non-hydrogen) atoms. The van der Waals surface area contributed by atoms with Gasteiger partial charge in [0.15, 0.2) is 0 Å². The first-order valence-corrected chi connectivity index (χ1v) is 6.15. The van der Waals surface area contributed by atoms with Gasteiger partial charge in [0.05, 0.1) is 16.2 Å². The van der Waals surface area contributed by atoms with Crippen LogP contribution in [0, 0.1) is 0 Å². The van der Waals surface area contributed by atoms with Crippen LogP contribution in [0.4, 0.5) is 5.69 Å². The normalized spacial score (nSPS) is 10.5. The van der Waals surface area contributed by atoms with Crippen LogP contribution in [0.5, 0.6) is 0 Å². The fraction of sp³-hybridized carbons (Fsp3) is 0.250. The van der Waals surface area contributed by atoms with Crippen LogP contribution in [0.15, 0.2) is 30.6 Å². The van der Waals surface area contributed by atoms with Gasteiger partial charge < -0.3 is 5.32 Å². The average molecular weight is 270 g/mol. The van der Waals surface area contributed by atoms with Crippen molar-refractivity contribution >= 4 is 28.9 Å². The summed E-state index contributed by atoms with van der Waals surface area (Å²) in [5.74, 6) is 0. The lowest BCUT2D eigenvalue weighted by Gasteiger charge is -2.05. The molecule has 0 saturated heterocycles. The third-order valence-corrected chi connectivity index (χ3v) is 3.17. The molecular weight excluding hydrogens is 257 g/mol. The van der Waals surface area contributed by atoms with Crippen LogP contribution in [0.25, 0.3) is 0 Å². The summed E-state index contributed by atoms with van der Waals surface area (Å²) in [6.45, 7) is 3.66. The van der Waals surface area contributed by atoms with Crippen LogP contribution in [0.2, 0.25) is 10.0 Å². The van der Waals surface area contributed by atoms with Gasteiger partial charge in [0.2, 0.25) is 0 Å². The molecule has 1 aromatic carbocycles. The Kier molecular flexibility index (Phi) is 3.92. The Morgan fingerprint density at radius 2 is 2.12 bits per heavy atom. The van der Waals surface area contributed by atoms with Crippen LogP contribution >= 0.6 is 23.2 Å². The van der Waals surface area contributed by atoms with E-state index in [0.29, 0.717) is 10.0 Å². The molecule has 1 heterocycles. The van der Waals surface area contributed by atoms with E-state index in [0.717, 1.165) is 24.3 Å². The van der Waals surface area contributed by atoms with Crippen molar-refractivity contribution in [1.29, 1.82) is 0 Å². The number of hydrogen-bond acceptors (Lipinski definition) is 2. The van der Waals surface area contributed by atoms with E-state index in [1.54, 1.807) is 6.07 Å². The summed E-state index contributed by atoms with van der Waals surface area (Å²) in [5.41, 5.74) is 2.08. The van der Waals surface area contributed by atoms with Crippen LogP contribution in [0.3, 0.4) is 0 Å². The molecule has 0 fully saturated rings. The molecule has 0 amide bonds. The van der Waals surface area contributed by atoms with Crippen molar-refractivity contribution in [3.05, 3.63) is 46.2 Å². The number of hydrogen-bond donors (Lipinski definition) is 1. The highest BCUT2D eigenvalue weighted by atomic mass is 35.5. The Hall–Kier alpha value is -1.19. The zero-order valence-corrected chi connectivity index (χ0v) is 11.0. The standard InChI is InChI=1S/C12H13Cl2N3/c1-2-17-8-9(7-16-17)6-15-10-3-4-11(13)12(14)5-10/h3-5,7-8,15H,2,6H2,1H3. The highest BCUT2D eigenvalue weighted by Crippen LogP contribution is 2.25. The maximum absolute atomic E-state index is 5.93. The van der Waals surface area contributed by atoms with Gasteiger partial charge in [0, 0.05) is 30.5 Å². The summed E-state index contributed by atoms with van der Waals surface area (Å²) in [4.78, 5) is 0. The number of aromatic nitrogens is 2. The summed E-state index contributed by atoms with van der Waals surface area (Å²) < 4.78 is 1.89. The molecule has 0 aliphatic carbocycles. The average Bonchev–Trinajstić information content (AvgIpc) is 2.79. The minimum absolute atomic E-state index is 0.556. The molecule has 0 radical (unpaired) electrons. The molecule has 5 heteroatoms. The molecule has 0 unspecified atom stereocenters. The van der Waals surface area contributed by atoms with E-state index in [1.807, 2.05) is 29.2 Å². The van der Waals surface area contributed by atoms with Crippen LogP contribution in [-0.2, 0) is 13.1 Å². The third-order valence-electron chi connectivity index (χ3n) is 2.43. The van der Waals surface area contributed by atoms with Gasteiger partial charge in [0.25, 0.3) is 0 Å². The fourth-order valence-electron chi connectivity index (χ4n) is 1.48. The molecule has 0 aliphatic heterocycles. The number of aryl methyl sites for hydroxylation is 1. The smallest absolute Gasteiger partial charge is 0.0612 e. The number of halogens is 2. The number of benzene rings is 1. The molecule has 0 bridgehead atoms. The summed E-state index contributed by atoms with van der Waals surface area (Å²) in [5, 5.41) is 8.60. The summed E-state index contributed by atoms with van der Waals surface area (Å²) in [6, 6.07) is 5.49. The van der Waals surface area contributed by atoms with E-state index in [2.05, 4.69) is 17.3 Å². The molecular formula is C12H13Cl2N3. The topological polar surface area (TPSA) is 29.9 Å². The lowest BCUT2D eigenvalue weighted by molar-refractivity contribution is 0.659. The van der Waals surface area contributed by atoms with Gasteiger partial charge in [0.1, 0.15) is 0 Å². The Morgan fingerprint density at radius 3 is 2.76 bits per heavy atom. The summed E-state index contributed by atoms with van der Waals surface area (Å²) in [7, 11) is 0. The SMILES string of the molecule is CCn1cc(CNc2ccc(Cl)c(Cl)c2)cn1. The molecule has 0 aliphatic rings. The zero-order chi connectivity index (χ0) is 12.3. The van der Waals surface area contributed by atoms with Crippen molar-refractivity contribution in [3.63, 3.8) is 0 Å². The van der Waals surface area contributed by atoms with Gasteiger partial charge >= 0.3 is 0 Å². The Balaban J connectivity index is 1.99. The second kappa shape index (κ2) is 5.43. The van der Waals surface area contributed by atoms with Crippen LogP contribution < -0.4 is 5.32 Å². The fourth-order valence-corrected chi connectivity index (χ4v) is 1.78. The predicted octanol–water partition coefficient (Wildman–Crippen LogP) is 3.82. The quantitative estimate of drug-likeness (QED) is 0.915. The highest BCUT2D eigenvalue weighted by molar-refractivity contribution is 6.42. The Bertz CT molecular complexity index is 508. The number of nitrogens with zero attached hydrogens (tertiary/aromatic N) is 2. The molecule has 90 valence electrons. The number of anilines is 1. The summed E-state index contributed by atoms with van der Waals surface area (Å²) >= 11 is 11.8. The third kappa shape index (κ3) is 3.14. The second-order valence-corrected chi connectivity index (χ2v) is 4.50. The van der Waals surface area contributed by atoms with E-state index < -0.39 is 0 Å². The molecule has 3 nitrogen and oxygen atoms in total. The zero-order valence-electron chi connectivity index (χ0n) is 9.45. The number of rotatable bonds is 4. The van der Waals surface area contributed by atoms with E-state index in [9.17, 15) is 0 Å². The number of nitrogens with one attached hydrogen (secondary N) is 1. The van der Waals surface area contributed by atoms with Gasteiger partial charge in [-0.15, -0.1) is 0 Å². The van der Waals surface area contributed by atoms with Gasteiger partial charge in [-0.1, -0.05) is 23.2 Å². The largest absolute Gasteiger partial charge is 0.381 e. The van der Waals surface area contributed by atoms with E-state index in [-0.39, 0.29) is 0 Å². The first-order chi connectivity index (χ1) is 8.19. The molecule has 1 N–H and O–H groups in total. The molecule has 0 spiro atoms. The van der Waals surface area contributed by atoms with Crippen molar-refractivity contribution in [1.82, 2.24) is 9.78 Å². The van der Waals surface area contributed by atoms with Crippen molar-refractivity contribution in [2.45, 2.75) is 20.0 Å². The molecule has 2 aromatic rings. The van der Waals surface area contributed by atoms with Gasteiger partial charge in [-0.2, -0.15) is 5.10 Å². The molecule has 0 atom stereocenters. The van der Waals surface area contributed by atoms with Gasteiger partial charge in [-0.05, 0) is 25.1 Å². The minimum atomic E-state index is 0.556. The van der Waals surface area contributed by atoms with Crippen LogP contribution in [-0.4, -0.2) is 9.78 Å². The lowest BCUT2D eigenvalue weighted by Crippen LogP contribution is -1.98. The Morgan fingerprint density at radius 1 is 1.29 bits per heavy atom. The molecule has 1 aromatic heterocycles. The van der Waals surface area contributed by atoms with Crippen molar-refractivity contribution in [2.75, 3.05) is 5.32 Å². The van der Waals surface area contributed by atoms with Crippen molar-refractivity contribution in [3.8, 4) is 0 Å². The van der Waals surface area contributed by atoms with Gasteiger partial charge in [-0.25, -0.2) is 0 Å². The van der Waals surface area contributed by atoms with Crippen LogP contribution in [0.1, 0.15) is 12.5 Å². The predicted molar refractivity (Wildman–Crippen MR) is 71.7 cm³/mol. The van der Waals surface area contributed by atoms with E-state index >= 15 is 0 Å². The lowest BCUT2D eigenvalue weighted by atomic mass is 10.3. The maximum Gasteiger partial charge on any atom is 0.0612 e.